The van der Waals surface area contributed by atoms with Crippen LogP contribution >= 0.6 is 0 Å². The summed E-state index contributed by atoms with van der Waals surface area (Å²) in [6.45, 7) is 1.87. The van der Waals surface area contributed by atoms with Gasteiger partial charge in [0.05, 0.1) is 6.42 Å². The highest BCUT2D eigenvalue weighted by molar-refractivity contribution is 5.79. The van der Waals surface area contributed by atoms with E-state index >= 15 is 0 Å². The molecule has 1 rings (SSSR count). The summed E-state index contributed by atoms with van der Waals surface area (Å²) in [6, 6.07) is 7.19. The minimum absolute atomic E-state index is 0.0205. The molecule has 104 valence electrons. The van der Waals surface area contributed by atoms with E-state index in [1.807, 2.05) is 19.1 Å². The molecule has 5 heteroatoms. The van der Waals surface area contributed by atoms with Crippen LogP contribution in [0.2, 0.25) is 0 Å². The van der Waals surface area contributed by atoms with E-state index < -0.39 is 5.97 Å². The lowest BCUT2D eigenvalue weighted by Gasteiger charge is -2.13. The van der Waals surface area contributed by atoms with Crippen LogP contribution in [-0.2, 0) is 16.0 Å². The van der Waals surface area contributed by atoms with Crippen LogP contribution in [0.4, 0.5) is 5.69 Å². The number of benzene rings is 1. The van der Waals surface area contributed by atoms with Gasteiger partial charge in [-0.2, -0.15) is 0 Å². The van der Waals surface area contributed by atoms with Crippen LogP contribution < -0.4 is 11.1 Å². The molecule has 0 aromatic heterocycles. The van der Waals surface area contributed by atoms with E-state index in [0.29, 0.717) is 18.5 Å². The van der Waals surface area contributed by atoms with E-state index in [0.717, 1.165) is 5.56 Å². The van der Waals surface area contributed by atoms with Gasteiger partial charge in [0.1, 0.15) is 0 Å². The lowest BCUT2D eigenvalue weighted by molar-refractivity contribution is -0.137. The van der Waals surface area contributed by atoms with E-state index in [9.17, 15) is 9.59 Å². The SMILES string of the molecule is CC(CCCC(=O)O)NC(=O)Cc1cccc(N)c1. The van der Waals surface area contributed by atoms with Gasteiger partial charge < -0.3 is 16.2 Å². The van der Waals surface area contributed by atoms with Crippen molar-refractivity contribution in [2.45, 2.75) is 38.6 Å². The highest BCUT2D eigenvalue weighted by Crippen LogP contribution is 2.07. The second-order valence-corrected chi connectivity index (χ2v) is 4.68. The Labute approximate surface area is 112 Å². The summed E-state index contributed by atoms with van der Waals surface area (Å²) in [6.07, 6.45) is 1.65. The number of hydrogen-bond donors (Lipinski definition) is 3. The molecule has 0 aliphatic carbocycles. The van der Waals surface area contributed by atoms with Crippen LogP contribution in [0.15, 0.2) is 24.3 Å². The molecule has 1 aromatic carbocycles. The number of anilines is 1. The van der Waals surface area contributed by atoms with Gasteiger partial charge >= 0.3 is 5.97 Å². The van der Waals surface area contributed by atoms with E-state index in [-0.39, 0.29) is 24.8 Å². The number of nitrogens with one attached hydrogen (secondary N) is 1. The molecular formula is C14H20N2O3. The molecule has 4 N–H and O–H groups in total. The Kier molecular flexibility index (Phi) is 5.85. The zero-order valence-corrected chi connectivity index (χ0v) is 11.1. The first-order valence-electron chi connectivity index (χ1n) is 6.33. The number of hydrogen-bond acceptors (Lipinski definition) is 3. The van der Waals surface area contributed by atoms with Gasteiger partial charge in [0.25, 0.3) is 0 Å². The highest BCUT2D eigenvalue weighted by atomic mass is 16.4. The molecule has 0 saturated carbocycles. The van der Waals surface area contributed by atoms with E-state index in [2.05, 4.69) is 5.32 Å². The van der Waals surface area contributed by atoms with Crippen molar-refractivity contribution >= 4 is 17.6 Å². The number of rotatable bonds is 7. The third-order valence-electron chi connectivity index (χ3n) is 2.75. The molecule has 1 unspecified atom stereocenters. The average Bonchev–Trinajstić information content (AvgIpc) is 2.27. The van der Waals surface area contributed by atoms with Crippen molar-refractivity contribution in [2.24, 2.45) is 0 Å². The van der Waals surface area contributed by atoms with Crippen molar-refractivity contribution in [1.82, 2.24) is 5.32 Å². The van der Waals surface area contributed by atoms with Crippen molar-refractivity contribution in [1.29, 1.82) is 0 Å². The van der Waals surface area contributed by atoms with Gasteiger partial charge in [-0.15, -0.1) is 0 Å². The molecule has 1 atom stereocenters. The second kappa shape index (κ2) is 7.41. The Hall–Kier alpha value is -2.04. The fraction of sp³-hybridized carbons (Fsp3) is 0.429. The summed E-state index contributed by atoms with van der Waals surface area (Å²) in [7, 11) is 0. The number of carboxylic acid groups (broad SMARTS) is 1. The van der Waals surface area contributed by atoms with Crippen molar-refractivity contribution < 1.29 is 14.7 Å². The molecule has 1 aromatic rings. The Morgan fingerprint density at radius 1 is 1.42 bits per heavy atom. The standard InChI is InChI=1S/C14H20N2O3/c1-10(4-2-7-14(18)19)16-13(17)9-11-5-3-6-12(15)8-11/h3,5-6,8,10H,2,4,7,9,15H2,1H3,(H,16,17)(H,18,19). The normalized spacial score (nSPS) is 11.8. The summed E-state index contributed by atoms with van der Waals surface area (Å²) < 4.78 is 0. The molecule has 0 saturated heterocycles. The van der Waals surface area contributed by atoms with Gasteiger partial charge in [-0.25, -0.2) is 0 Å². The topological polar surface area (TPSA) is 92.4 Å². The predicted molar refractivity (Wildman–Crippen MR) is 73.6 cm³/mol. The number of nitrogen functional groups attached to an aromatic ring is 1. The third-order valence-corrected chi connectivity index (χ3v) is 2.75. The van der Waals surface area contributed by atoms with Gasteiger partial charge in [0.15, 0.2) is 0 Å². The fourth-order valence-corrected chi connectivity index (χ4v) is 1.85. The molecule has 0 spiro atoms. The molecule has 0 bridgehead atoms. The van der Waals surface area contributed by atoms with Gasteiger partial charge in [-0.3, -0.25) is 9.59 Å². The summed E-state index contributed by atoms with van der Waals surface area (Å²) in [5.41, 5.74) is 7.15. The number of amides is 1. The molecule has 0 aliphatic rings. The minimum atomic E-state index is -0.807. The zero-order valence-electron chi connectivity index (χ0n) is 11.1. The quantitative estimate of drug-likeness (QED) is 0.652. The van der Waals surface area contributed by atoms with Crippen LogP contribution in [0, 0.1) is 0 Å². The summed E-state index contributed by atoms with van der Waals surface area (Å²) in [5, 5.41) is 11.4. The molecule has 0 heterocycles. The predicted octanol–water partition coefficient (Wildman–Crippen LogP) is 1.57. The van der Waals surface area contributed by atoms with E-state index in [1.54, 1.807) is 12.1 Å². The van der Waals surface area contributed by atoms with Gasteiger partial charge in [0, 0.05) is 18.2 Å². The fourth-order valence-electron chi connectivity index (χ4n) is 1.85. The molecule has 5 nitrogen and oxygen atoms in total. The molecule has 19 heavy (non-hydrogen) atoms. The Balaban J connectivity index is 2.32. The maximum absolute atomic E-state index is 11.8. The van der Waals surface area contributed by atoms with Crippen LogP contribution in [0.1, 0.15) is 31.7 Å². The number of carbonyl (C=O) groups excluding carboxylic acids is 1. The maximum Gasteiger partial charge on any atom is 0.303 e. The maximum atomic E-state index is 11.8. The van der Waals surface area contributed by atoms with Crippen LogP contribution in [-0.4, -0.2) is 23.0 Å². The van der Waals surface area contributed by atoms with Crippen molar-refractivity contribution in [3.63, 3.8) is 0 Å². The van der Waals surface area contributed by atoms with Crippen LogP contribution in [0.25, 0.3) is 0 Å². The van der Waals surface area contributed by atoms with Crippen molar-refractivity contribution in [3.8, 4) is 0 Å². The van der Waals surface area contributed by atoms with Crippen LogP contribution in [0.3, 0.4) is 0 Å². The highest BCUT2D eigenvalue weighted by Gasteiger charge is 2.09. The lowest BCUT2D eigenvalue weighted by Crippen LogP contribution is -2.33. The Morgan fingerprint density at radius 3 is 2.79 bits per heavy atom. The molecule has 0 fully saturated rings. The van der Waals surface area contributed by atoms with E-state index in [4.69, 9.17) is 10.8 Å². The molecular weight excluding hydrogens is 244 g/mol. The van der Waals surface area contributed by atoms with Crippen LogP contribution in [0.5, 0.6) is 0 Å². The first-order valence-corrected chi connectivity index (χ1v) is 6.33. The third kappa shape index (κ3) is 6.45. The number of carbonyl (C=O) groups is 2. The summed E-state index contributed by atoms with van der Waals surface area (Å²) in [5.74, 6) is -0.883. The minimum Gasteiger partial charge on any atom is -0.481 e. The van der Waals surface area contributed by atoms with Crippen molar-refractivity contribution in [2.75, 3.05) is 5.73 Å². The number of carboxylic acids is 1. The average molecular weight is 264 g/mol. The first-order chi connectivity index (χ1) is 8.97. The van der Waals surface area contributed by atoms with E-state index in [1.165, 1.54) is 0 Å². The van der Waals surface area contributed by atoms with Gasteiger partial charge in [-0.05, 0) is 37.5 Å². The zero-order chi connectivity index (χ0) is 14.3. The monoisotopic (exact) mass is 264 g/mol. The van der Waals surface area contributed by atoms with Gasteiger partial charge in [-0.1, -0.05) is 12.1 Å². The molecule has 1 amide bonds. The molecule has 0 aliphatic heterocycles. The Bertz CT molecular complexity index is 446. The van der Waals surface area contributed by atoms with Gasteiger partial charge in [0.2, 0.25) is 5.91 Å². The summed E-state index contributed by atoms with van der Waals surface area (Å²) in [4.78, 5) is 22.1. The van der Waals surface area contributed by atoms with Crippen molar-refractivity contribution in [3.05, 3.63) is 29.8 Å². The smallest absolute Gasteiger partial charge is 0.303 e. The largest absolute Gasteiger partial charge is 0.481 e. The summed E-state index contributed by atoms with van der Waals surface area (Å²) >= 11 is 0. The number of nitrogens with two attached hydrogens (primary N) is 1. The Morgan fingerprint density at radius 2 is 2.16 bits per heavy atom. The second-order valence-electron chi connectivity index (χ2n) is 4.68. The first kappa shape index (κ1) is 15.0. The number of aliphatic carboxylic acids is 1. The molecule has 0 radical (unpaired) electrons. The lowest BCUT2D eigenvalue weighted by atomic mass is 10.1.